The van der Waals surface area contributed by atoms with Crippen LogP contribution < -0.4 is 5.32 Å². The van der Waals surface area contributed by atoms with Gasteiger partial charge in [0.2, 0.25) is 5.91 Å². The van der Waals surface area contributed by atoms with Gasteiger partial charge in [-0.05, 0) is 47.4 Å². The van der Waals surface area contributed by atoms with Crippen LogP contribution in [0, 0.1) is 5.92 Å². The maximum atomic E-state index is 12.6. The second-order valence-electron chi connectivity index (χ2n) is 8.19. The molecule has 0 saturated carbocycles. The van der Waals surface area contributed by atoms with Crippen LogP contribution in [0.25, 0.3) is 10.8 Å². The quantitative estimate of drug-likeness (QED) is 0.394. The molecule has 3 rings (SSSR count). The molecule has 0 heterocycles. The Labute approximate surface area is 197 Å². The molecule has 3 aromatic rings. The number of fused-ring (bicyclic) bond motifs is 1. The summed E-state index contributed by atoms with van der Waals surface area (Å²) in [6.07, 6.45) is -0.358. The number of benzene rings is 3. The Kier molecular flexibility index (Phi) is 8.06. The van der Waals surface area contributed by atoms with Gasteiger partial charge in [-0.25, -0.2) is 0 Å². The molecule has 0 saturated heterocycles. The third-order valence-corrected chi connectivity index (χ3v) is 6.06. The van der Waals surface area contributed by atoms with E-state index in [0.717, 1.165) is 21.9 Å². The van der Waals surface area contributed by atoms with Gasteiger partial charge in [0.05, 0.1) is 12.3 Å². The predicted molar refractivity (Wildman–Crippen MR) is 127 cm³/mol. The van der Waals surface area contributed by atoms with E-state index in [1.54, 1.807) is 12.1 Å². The van der Waals surface area contributed by atoms with Crippen molar-refractivity contribution in [1.82, 2.24) is 5.32 Å². The molecule has 0 spiro atoms. The minimum absolute atomic E-state index is 0.111. The van der Waals surface area contributed by atoms with E-state index in [2.05, 4.69) is 29.6 Å². The number of hydrogen-bond acceptors (Lipinski definition) is 3. The predicted octanol–water partition coefficient (Wildman–Crippen LogP) is 4.89. The second kappa shape index (κ2) is 11.0. The van der Waals surface area contributed by atoms with Gasteiger partial charge in [-0.1, -0.05) is 66.2 Å². The van der Waals surface area contributed by atoms with Crippen LogP contribution in [0.1, 0.15) is 36.8 Å². The van der Waals surface area contributed by atoms with Gasteiger partial charge in [-0.2, -0.15) is 0 Å². The molecule has 3 atom stereocenters. The van der Waals surface area contributed by atoms with Gasteiger partial charge in [0.25, 0.3) is 0 Å². The van der Waals surface area contributed by atoms with Gasteiger partial charge >= 0.3 is 11.9 Å². The lowest BCUT2D eigenvalue weighted by atomic mass is 9.85. The van der Waals surface area contributed by atoms with E-state index in [-0.39, 0.29) is 12.0 Å². The third kappa shape index (κ3) is 6.56. The Balaban J connectivity index is 1.84. The summed E-state index contributed by atoms with van der Waals surface area (Å²) in [5.41, 5.74) is 2.11. The molecule has 3 unspecified atom stereocenters. The van der Waals surface area contributed by atoms with Crippen molar-refractivity contribution >= 4 is 40.2 Å². The monoisotopic (exact) mass is 467 g/mol. The molecule has 3 N–H and O–H groups in total. The lowest BCUT2D eigenvalue weighted by Gasteiger charge is -2.27. The van der Waals surface area contributed by atoms with Crippen LogP contribution in [-0.2, 0) is 20.8 Å². The van der Waals surface area contributed by atoms with Crippen LogP contribution in [0.3, 0.4) is 0 Å². The number of carbonyl (C=O) groups excluding carboxylic acids is 1. The lowest BCUT2D eigenvalue weighted by Crippen LogP contribution is -2.39. The molecule has 0 aliphatic carbocycles. The van der Waals surface area contributed by atoms with Crippen LogP contribution in [0.4, 0.5) is 0 Å². The molecule has 3 aromatic carbocycles. The van der Waals surface area contributed by atoms with Crippen molar-refractivity contribution in [3.8, 4) is 0 Å². The highest BCUT2D eigenvalue weighted by Gasteiger charge is 2.27. The smallest absolute Gasteiger partial charge is 0.307 e. The molecule has 7 heteroatoms. The van der Waals surface area contributed by atoms with Crippen molar-refractivity contribution in [2.24, 2.45) is 5.92 Å². The molecule has 0 radical (unpaired) electrons. The van der Waals surface area contributed by atoms with Gasteiger partial charge in [0.15, 0.2) is 0 Å². The molecule has 1 amide bonds. The van der Waals surface area contributed by atoms with E-state index in [0.29, 0.717) is 11.4 Å². The highest BCUT2D eigenvalue weighted by Crippen LogP contribution is 2.29. The summed E-state index contributed by atoms with van der Waals surface area (Å²) in [6.45, 7) is 1.87. The van der Waals surface area contributed by atoms with Gasteiger partial charge < -0.3 is 15.5 Å². The Morgan fingerprint density at radius 1 is 0.909 bits per heavy atom. The highest BCUT2D eigenvalue weighted by atomic mass is 35.5. The summed E-state index contributed by atoms with van der Waals surface area (Å²) in [5, 5.41) is 23.9. The van der Waals surface area contributed by atoms with Crippen LogP contribution in [0.15, 0.2) is 66.7 Å². The van der Waals surface area contributed by atoms with Gasteiger partial charge in [0.1, 0.15) is 0 Å². The van der Waals surface area contributed by atoms with Crippen LogP contribution in [-0.4, -0.2) is 34.1 Å². The minimum atomic E-state index is -1.30. The van der Waals surface area contributed by atoms with Crippen molar-refractivity contribution in [3.05, 3.63) is 82.9 Å². The standard InChI is InChI=1S/C26H26ClNO5/c1-16(28-24(29)14-20(26(32)33)15-25(30)31)23(18-9-11-21(27)12-10-18)13-19-7-4-6-17-5-2-3-8-22(17)19/h2-12,16,20,23H,13-15H2,1H3,(H,28,29)(H,30,31)(H,32,33). The van der Waals surface area contributed by atoms with Crippen LogP contribution in [0.2, 0.25) is 5.02 Å². The van der Waals surface area contributed by atoms with E-state index in [4.69, 9.17) is 16.7 Å². The summed E-state index contributed by atoms with van der Waals surface area (Å²) >= 11 is 6.07. The molecule has 0 fully saturated rings. The van der Waals surface area contributed by atoms with Crippen molar-refractivity contribution in [2.45, 2.75) is 38.1 Å². The number of nitrogens with one attached hydrogen (secondary N) is 1. The highest BCUT2D eigenvalue weighted by molar-refractivity contribution is 6.30. The van der Waals surface area contributed by atoms with E-state index >= 15 is 0 Å². The molecule has 172 valence electrons. The number of carboxylic acids is 2. The number of amides is 1. The van der Waals surface area contributed by atoms with Crippen molar-refractivity contribution in [3.63, 3.8) is 0 Å². The van der Waals surface area contributed by atoms with Gasteiger partial charge in [-0.3, -0.25) is 14.4 Å². The largest absolute Gasteiger partial charge is 0.481 e. The summed E-state index contributed by atoms with van der Waals surface area (Å²) in [7, 11) is 0. The summed E-state index contributed by atoms with van der Waals surface area (Å²) in [4.78, 5) is 34.9. The normalized spacial score (nSPS) is 13.8. The van der Waals surface area contributed by atoms with Crippen LogP contribution in [0.5, 0.6) is 0 Å². The molecule has 33 heavy (non-hydrogen) atoms. The summed E-state index contributed by atoms with van der Waals surface area (Å²) < 4.78 is 0. The first-order chi connectivity index (χ1) is 15.7. The lowest BCUT2D eigenvalue weighted by molar-refractivity contribution is -0.149. The number of rotatable bonds is 10. The fourth-order valence-corrected chi connectivity index (χ4v) is 4.22. The van der Waals surface area contributed by atoms with Gasteiger partial charge in [0, 0.05) is 23.4 Å². The Bertz CT molecular complexity index is 1140. The SMILES string of the molecule is CC(NC(=O)CC(CC(=O)O)C(=O)O)C(Cc1cccc2ccccc12)c1ccc(Cl)cc1. The zero-order chi connectivity index (χ0) is 24.0. The maximum absolute atomic E-state index is 12.6. The van der Waals surface area contributed by atoms with Gasteiger partial charge in [-0.15, -0.1) is 0 Å². The molecular weight excluding hydrogens is 442 g/mol. The first kappa shape index (κ1) is 24.3. The number of halogens is 1. The van der Waals surface area contributed by atoms with Crippen LogP contribution >= 0.6 is 11.6 Å². The van der Waals surface area contributed by atoms with E-state index in [1.807, 2.05) is 37.3 Å². The number of aliphatic carboxylic acids is 2. The average molecular weight is 468 g/mol. The average Bonchev–Trinajstić information content (AvgIpc) is 2.77. The Hall–Kier alpha value is -3.38. The number of carbonyl (C=O) groups is 3. The molecule has 0 bridgehead atoms. The summed E-state index contributed by atoms with van der Waals surface area (Å²) in [6, 6.07) is 21.3. The van der Waals surface area contributed by atoms with E-state index < -0.39 is 36.6 Å². The summed E-state index contributed by atoms with van der Waals surface area (Å²) in [5.74, 6) is -4.43. The molecule has 0 aliphatic rings. The number of hydrogen-bond donors (Lipinski definition) is 3. The van der Waals surface area contributed by atoms with E-state index in [9.17, 15) is 19.5 Å². The second-order valence-corrected chi connectivity index (χ2v) is 8.63. The third-order valence-electron chi connectivity index (χ3n) is 5.81. The van der Waals surface area contributed by atoms with Crippen molar-refractivity contribution < 1.29 is 24.6 Å². The molecule has 0 aliphatic heterocycles. The fourth-order valence-electron chi connectivity index (χ4n) is 4.10. The molecule has 0 aromatic heterocycles. The Morgan fingerprint density at radius 2 is 1.58 bits per heavy atom. The Morgan fingerprint density at radius 3 is 2.24 bits per heavy atom. The zero-order valence-electron chi connectivity index (χ0n) is 18.2. The fraction of sp³-hybridized carbons (Fsp3) is 0.269. The molecular formula is C26H26ClNO5. The minimum Gasteiger partial charge on any atom is -0.481 e. The van der Waals surface area contributed by atoms with Crippen molar-refractivity contribution in [1.29, 1.82) is 0 Å². The van der Waals surface area contributed by atoms with Crippen molar-refractivity contribution in [2.75, 3.05) is 0 Å². The van der Waals surface area contributed by atoms with E-state index in [1.165, 1.54) is 0 Å². The maximum Gasteiger partial charge on any atom is 0.307 e. The first-order valence-corrected chi connectivity index (χ1v) is 11.1. The number of carboxylic acid groups (broad SMARTS) is 2. The first-order valence-electron chi connectivity index (χ1n) is 10.7. The topological polar surface area (TPSA) is 104 Å². The molecule has 6 nitrogen and oxygen atoms in total. The zero-order valence-corrected chi connectivity index (χ0v) is 19.0.